The number of hydrogen-bond acceptors (Lipinski definition) is 2. The zero-order valence-corrected chi connectivity index (χ0v) is 15.3. The lowest BCUT2D eigenvalue weighted by atomic mass is 9.87. The lowest BCUT2D eigenvalue weighted by Gasteiger charge is -2.31. The van der Waals surface area contributed by atoms with Crippen molar-refractivity contribution >= 4 is 29.9 Å². The van der Waals surface area contributed by atoms with Gasteiger partial charge in [-0.25, -0.2) is 0 Å². The summed E-state index contributed by atoms with van der Waals surface area (Å²) in [4.78, 5) is 12.8. The van der Waals surface area contributed by atoms with E-state index in [1.165, 1.54) is 12.8 Å². The van der Waals surface area contributed by atoms with Crippen molar-refractivity contribution in [2.75, 3.05) is 0 Å². The number of carbonyl (C=O) groups is 1. The topological polar surface area (TPSA) is 41.1 Å². The third-order valence-electron chi connectivity index (χ3n) is 4.98. The highest BCUT2D eigenvalue weighted by atomic mass is 35.5. The molecule has 3 nitrogen and oxygen atoms in total. The Morgan fingerprint density at radius 1 is 1.26 bits per heavy atom. The summed E-state index contributed by atoms with van der Waals surface area (Å²) in [5, 5.41) is 7.60. The average molecular weight is 357 g/mol. The number of piperidine rings is 1. The third kappa shape index (κ3) is 4.40. The summed E-state index contributed by atoms with van der Waals surface area (Å²) in [6.45, 7) is 4.19. The Morgan fingerprint density at radius 3 is 2.48 bits per heavy atom. The molecule has 2 heterocycles. The molecule has 2 aliphatic rings. The first kappa shape index (κ1) is 18.6. The summed E-state index contributed by atoms with van der Waals surface area (Å²) in [5.74, 6) is 0.256. The second-order valence-electron chi connectivity index (χ2n) is 7.09. The van der Waals surface area contributed by atoms with Gasteiger partial charge < -0.3 is 10.6 Å². The fourth-order valence-electron chi connectivity index (χ4n) is 4.01. The molecule has 0 radical (unpaired) electrons. The number of halogens is 2. The van der Waals surface area contributed by atoms with Gasteiger partial charge in [0.1, 0.15) is 0 Å². The van der Waals surface area contributed by atoms with Crippen molar-refractivity contribution in [3.63, 3.8) is 0 Å². The molecule has 3 rings (SSSR count). The quantitative estimate of drug-likeness (QED) is 0.858. The molecule has 3 atom stereocenters. The van der Waals surface area contributed by atoms with Gasteiger partial charge in [0.15, 0.2) is 0 Å². The van der Waals surface area contributed by atoms with Crippen LogP contribution in [0.5, 0.6) is 0 Å². The van der Waals surface area contributed by atoms with Gasteiger partial charge in [-0.3, -0.25) is 4.79 Å². The number of rotatable bonds is 4. The van der Waals surface area contributed by atoms with Crippen LogP contribution >= 0.6 is 24.0 Å². The lowest BCUT2D eigenvalue weighted by Crippen LogP contribution is -2.49. The number of fused-ring (bicyclic) bond motifs is 2. The maximum atomic E-state index is 12.8. The van der Waals surface area contributed by atoms with E-state index in [1.54, 1.807) is 0 Å². The van der Waals surface area contributed by atoms with E-state index in [0.717, 1.165) is 18.4 Å². The minimum atomic E-state index is -0.133. The molecule has 3 unspecified atom stereocenters. The molecule has 2 fully saturated rings. The van der Waals surface area contributed by atoms with E-state index < -0.39 is 0 Å². The fraction of sp³-hybridized carbons (Fsp3) is 0.611. The minimum absolute atomic E-state index is 0. The van der Waals surface area contributed by atoms with E-state index >= 15 is 0 Å². The van der Waals surface area contributed by atoms with Crippen LogP contribution in [0.2, 0.25) is 5.02 Å². The van der Waals surface area contributed by atoms with E-state index in [-0.39, 0.29) is 30.2 Å². The molecule has 2 aliphatic heterocycles. The van der Waals surface area contributed by atoms with Gasteiger partial charge in [0.2, 0.25) is 5.91 Å². The number of hydrogen-bond donors (Lipinski definition) is 2. The maximum absolute atomic E-state index is 12.8. The van der Waals surface area contributed by atoms with Crippen molar-refractivity contribution in [2.24, 2.45) is 5.92 Å². The van der Waals surface area contributed by atoms with Crippen LogP contribution in [0.1, 0.15) is 51.0 Å². The summed E-state index contributed by atoms with van der Waals surface area (Å²) in [6, 6.07) is 9.18. The van der Waals surface area contributed by atoms with Crippen LogP contribution in [0.15, 0.2) is 24.3 Å². The maximum Gasteiger partial charge on any atom is 0.228 e. The van der Waals surface area contributed by atoms with Gasteiger partial charge in [-0.15, -0.1) is 12.4 Å². The van der Waals surface area contributed by atoms with Gasteiger partial charge in [0.25, 0.3) is 0 Å². The zero-order valence-electron chi connectivity index (χ0n) is 13.7. The van der Waals surface area contributed by atoms with Crippen LogP contribution in [0, 0.1) is 5.92 Å². The van der Waals surface area contributed by atoms with Crippen molar-refractivity contribution in [3.05, 3.63) is 34.9 Å². The fourth-order valence-corrected chi connectivity index (χ4v) is 4.20. The largest absolute Gasteiger partial charge is 0.353 e. The standard InChI is InChI=1S/C18H25ClN2O.ClH/c1-11(2)17(12-4-3-5-13(19)8-12)18(22)21-16-9-14-6-7-15(10-16)20-14;/h3-5,8,11,14-17,20H,6-7,9-10H2,1-2H3,(H,21,22);1H. The summed E-state index contributed by atoms with van der Waals surface area (Å²) in [6.07, 6.45) is 4.61. The molecule has 2 N–H and O–H groups in total. The first-order valence-electron chi connectivity index (χ1n) is 8.35. The Labute approximate surface area is 150 Å². The second kappa shape index (κ2) is 7.87. The van der Waals surface area contributed by atoms with Gasteiger partial charge >= 0.3 is 0 Å². The minimum Gasteiger partial charge on any atom is -0.353 e. The second-order valence-corrected chi connectivity index (χ2v) is 7.53. The Balaban J connectivity index is 0.00000192. The van der Waals surface area contributed by atoms with Crippen LogP contribution in [-0.4, -0.2) is 24.0 Å². The van der Waals surface area contributed by atoms with Crippen LogP contribution < -0.4 is 10.6 Å². The molecule has 0 aliphatic carbocycles. The lowest BCUT2D eigenvalue weighted by molar-refractivity contribution is -0.124. The molecule has 1 aromatic carbocycles. The predicted molar refractivity (Wildman–Crippen MR) is 97.4 cm³/mol. The smallest absolute Gasteiger partial charge is 0.228 e. The zero-order chi connectivity index (χ0) is 15.7. The SMILES string of the molecule is CC(C)C(C(=O)NC1CC2CCC(C1)N2)c1cccc(Cl)c1.Cl. The van der Waals surface area contributed by atoms with Gasteiger partial charge in [0, 0.05) is 23.1 Å². The molecule has 2 saturated heterocycles. The first-order chi connectivity index (χ1) is 10.5. The van der Waals surface area contributed by atoms with Crippen molar-refractivity contribution in [1.29, 1.82) is 0 Å². The van der Waals surface area contributed by atoms with Gasteiger partial charge in [-0.2, -0.15) is 0 Å². The number of nitrogens with one attached hydrogen (secondary N) is 2. The average Bonchev–Trinajstić information content (AvgIpc) is 2.77. The highest BCUT2D eigenvalue weighted by molar-refractivity contribution is 6.30. The Hall–Kier alpha value is -0.770. The molecular weight excluding hydrogens is 331 g/mol. The van der Waals surface area contributed by atoms with Crippen LogP contribution in [0.3, 0.4) is 0 Å². The molecule has 1 amide bonds. The van der Waals surface area contributed by atoms with Crippen molar-refractivity contribution in [1.82, 2.24) is 10.6 Å². The number of benzene rings is 1. The summed E-state index contributed by atoms with van der Waals surface area (Å²) in [5.41, 5.74) is 1.01. The summed E-state index contributed by atoms with van der Waals surface area (Å²) < 4.78 is 0. The van der Waals surface area contributed by atoms with Gasteiger partial charge in [-0.1, -0.05) is 37.6 Å². The monoisotopic (exact) mass is 356 g/mol. The Kier molecular flexibility index (Phi) is 6.35. The Morgan fingerprint density at radius 2 is 1.91 bits per heavy atom. The van der Waals surface area contributed by atoms with Crippen molar-refractivity contribution in [3.8, 4) is 0 Å². The normalized spacial score (nSPS) is 27.4. The van der Waals surface area contributed by atoms with Crippen LogP contribution in [0.4, 0.5) is 0 Å². The first-order valence-corrected chi connectivity index (χ1v) is 8.72. The van der Waals surface area contributed by atoms with E-state index in [2.05, 4.69) is 24.5 Å². The van der Waals surface area contributed by atoms with Crippen molar-refractivity contribution in [2.45, 2.75) is 63.6 Å². The molecule has 2 bridgehead atoms. The van der Waals surface area contributed by atoms with Gasteiger partial charge in [0.05, 0.1) is 5.92 Å². The predicted octanol–water partition coefficient (Wildman–Crippen LogP) is 3.90. The highest BCUT2D eigenvalue weighted by Crippen LogP contribution is 2.30. The highest BCUT2D eigenvalue weighted by Gasteiger charge is 2.35. The molecule has 0 spiro atoms. The Bertz CT molecular complexity index is 538. The summed E-state index contributed by atoms with van der Waals surface area (Å²) in [7, 11) is 0. The molecular formula is C18H26Cl2N2O. The van der Waals surface area contributed by atoms with Crippen molar-refractivity contribution < 1.29 is 4.79 Å². The number of carbonyl (C=O) groups excluding carboxylic acids is 1. The van der Waals surface area contributed by atoms with Gasteiger partial charge in [-0.05, 0) is 49.3 Å². The summed E-state index contributed by atoms with van der Waals surface area (Å²) >= 11 is 6.10. The molecule has 128 valence electrons. The molecule has 0 saturated carbocycles. The van der Waals surface area contributed by atoms with E-state index in [0.29, 0.717) is 23.1 Å². The van der Waals surface area contributed by atoms with E-state index in [9.17, 15) is 4.79 Å². The molecule has 1 aromatic rings. The molecule has 0 aromatic heterocycles. The van der Waals surface area contributed by atoms with E-state index in [4.69, 9.17) is 11.6 Å². The molecule has 5 heteroatoms. The van der Waals surface area contributed by atoms with Crippen LogP contribution in [-0.2, 0) is 4.79 Å². The number of amides is 1. The third-order valence-corrected chi connectivity index (χ3v) is 5.21. The molecule has 23 heavy (non-hydrogen) atoms. The van der Waals surface area contributed by atoms with Crippen LogP contribution in [0.25, 0.3) is 0 Å². The van der Waals surface area contributed by atoms with E-state index in [1.807, 2.05) is 24.3 Å².